The molecule has 0 aliphatic carbocycles. The van der Waals surface area contributed by atoms with Gasteiger partial charge in [0.1, 0.15) is 0 Å². The number of fused-ring (bicyclic) bond motifs is 1. The van der Waals surface area contributed by atoms with Crippen molar-refractivity contribution in [2.45, 2.75) is 26.3 Å². The van der Waals surface area contributed by atoms with Crippen LogP contribution in [0, 0.1) is 5.92 Å². The zero-order valence-electron chi connectivity index (χ0n) is 15.5. The average molecular weight is 393 g/mol. The second kappa shape index (κ2) is 7.16. The summed E-state index contributed by atoms with van der Waals surface area (Å²) in [5.41, 5.74) is 1.60. The molecule has 3 aromatic rings. The number of Topliss-reactive ketones (excluding diaryl/α,β-unsaturated/α-hetero) is 1. The van der Waals surface area contributed by atoms with Gasteiger partial charge in [0.05, 0.1) is 21.8 Å². The highest BCUT2D eigenvalue weighted by atomic mass is 32.1. The summed E-state index contributed by atoms with van der Waals surface area (Å²) in [4.78, 5) is 35.9. The first kappa shape index (κ1) is 18.3. The average Bonchev–Trinajstić information content (AvgIpc) is 3.21. The molecule has 0 spiro atoms. The van der Waals surface area contributed by atoms with E-state index in [9.17, 15) is 14.7 Å². The van der Waals surface area contributed by atoms with Gasteiger partial charge in [-0.25, -0.2) is 4.98 Å². The first-order valence-corrected chi connectivity index (χ1v) is 9.84. The maximum atomic E-state index is 13.0. The molecule has 0 fully saturated rings. The predicted molar refractivity (Wildman–Crippen MR) is 108 cm³/mol. The minimum atomic E-state index is -0.720. The number of thiazole rings is 1. The highest BCUT2D eigenvalue weighted by Gasteiger charge is 2.45. The topological polar surface area (TPSA) is 83.4 Å². The number of ketones is 1. The number of hydrogen-bond donors (Lipinski definition) is 1. The van der Waals surface area contributed by atoms with Gasteiger partial charge >= 0.3 is 0 Å². The molecule has 2 aromatic heterocycles. The maximum absolute atomic E-state index is 13.0. The summed E-state index contributed by atoms with van der Waals surface area (Å²) in [6.07, 6.45) is 3.47. The van der Waals surface area contributed by atoms with Crippen molar-refractivity contribution in [1.29, 1.82) is 0 Å². The highest BCUT2D eigenvalue weighted by Crippen LogP contribution is 2.43. The van der Waals surface area contributed by atoms with Crippen LogP contribution in [0.3, 0.4) is 0 Å². The van der Waals surface area contributed by atoms with Gasteiger partial charge in [-0.05, 0) is 35.7 Å². The van der Waals surface area contributed by atoms with E-state index in [0.29, 0.717) is 10.7 Å². The molecule has 1 amide bonds. The number of aromatic nitrogens is 2. The van der Waals surface area contributed by atoms with Crippen LogP contribution >= 0.6 is 11.3 Å². The van der Waals surface area contributed by atoms with E-state index in [1.165, 1.54) is 16.2 Å². The zero-order chi connectivity index (χ0) is 19.8. The Morgan fingerprint density at radius 3 is 2.61 bits per heavy atom. The number of aliphatic hydroxyl groups is 1. The molecule has 0 saturated heterocycles. The maximum Gasteiger partial charge on any atom is 0.296 e. The Balaban J connectivity index is 1.86. The lowest BCUT2D eigenvalue weighted by atomic mass is 9.93. The lowest BCUT2D eigenvalue weighted by Crippen LogP contribution is -2.31. The number of carbonyl (C=O) groups excluding carboxylic acids is 2. The Morgan fingerprint density at radius 1 is 1.21 bits per heavy atom. The van der Waals surface area contributed by atoms with E-state index in [1.54, 1.807) is 24.5 Å². The van der Waals surface area contributed by atoms with Crippen LogP contribution in [-0.2, 0) is 9.59 Å². The van der Waals surface area contributed by atoms with Gasteiger partial charge in [-0.3, -0.25) is 19.5 Å². The molecular weight excluding hydrogens is 374 g/mol. The normalized spacial score (nSPS) is 17.2. The van der Waals surface area contributed by atoms with Gasteiger partial charge in [-0.2, -0.15) is 0 Å². The largest absolute Gasteiger partial charge is 0.503 e. The Hall–Kier alpha value is -3.06. The molecule has 0 bridgehead atoms. The second-order valence-corrected chi connectivity index (χ2v) is 8.11. The van der Waals surface area contributed by atoms with Crippen LogP contribution in [0.1, 0.15) is 31.9 Å². The SMILES string of the molecule is CC(C)CC(=O)C1=C(O)C(=O)N(c2nc3ccccc3s2)C1c1ccncc1. The highest BCUT2D eigenvalue weighted by molar-refractivity contribution is 7.22. The monoisotopic (exact) mass is 393 g/mol. The molecule has 1 aromatic carbocycles. The first-order valence-electron chi connectivity index (χ1n) is 9.02. The fraction of sp³-hybridized carbons (Fsp3) is 0.238. The van der Waals surface area contributed by atoms with Crippen molar-refractivity contribution in [1.82, 2.24) is 9.97 Å². The molecule has 1 aliphatic heterocycles. The molecule has 1 N–H and O–H groups in total. The Morgan fingerprint density at radius 2 is 1.93 bits per heavy atom. The summed E-state index contributed by atoms with van der Waals surface area (Å²) in [5.74, 6) is -1.22. The third kappa shape index (κ3) is 3.07. The van der Waals surface area contributed by atoms with Gasteiger partial charge in [0, 0.05) is 18.8 Å². The predicted octanol–water partition coefficient (Wildman–Crippen LogP) is 4.21. The van der Waals surface area contributed by atoms with Crippen molar-refractivity contribution in [3.63, 3.8) is 0 Å². The number of benzene rings is 1. The van der Waals surface area contributed by atoms with E-state index < -0.39 is 17.7 Å². The quantitative estimate of drug-likeness (QED) is 0.702. The minimum absolute atomic E-state index is 0.109. The van der Waals surface area contributed by atoms with E-state index in [0.717, 1.165) is 10.2 Å². The lowest BCUT2D eigenvalue weighted by molar-refractivity contribution is -0.118. The zero-order valence-corrected chi connectivity index (χ0v) is 16.3. The summed E-state index contributed by atoms with van der Waals surface area (Å²) in [6, 6.07) is 10.4. The fourth-order valence-corrected chi connectivity index (χ4v) is 4.38. The first-order chi connectivity index (χ1) is 13.5. The Kier molecular flexibility index (Phi) is 4.68. The lowest BCUT2D eigenvalue weighted by Gasteiger charge is -2.24. The molecule has 1 atom stereocenters. The number of anilines is 1. The van der Waals surface area contributed by atoms with Gasteiger partial charge in [0.2, 0.25) is 0 Å². The number of para-hydroxylation sites is 1. The van der Waals surface area contributed by atoms with E-state index in [-0.39, 0.29) is 23.7 Å². The molecule has 28 heavy (non-hydrogen) atoms. The number of carbonyl (C=O) groups is 2. The van der Waals surface area contributed by atoms with E-state index in [4.69, 9.17) is 0 Å². The summed E-state index contributed by atoms with van der Waals surface area (Å²) < 4.78 is 0.931. The molecule has 0 saturated carbocycles. The number of amides is 1. The Labute approximate surface area is 166 Å². The molecule has 0 radical (unpaired) electrons. The van der Waals surface area contributed by atoms with Crippen LogP contribution in [0.4, 0.5) is 5.13 Å². The molecule has 3 heterocycles. The standard InChI is InChI=1S/C21H19N3O3S/c1-12(2)11-15(25)17-18(13-7-9-22-10-8-13)24(20(27)19(17)26)21-23-14-5-3-4-6-16(14)28-21/h3-10,12,18,26H,11H2,1-2H3. The molecular formula is C21H19N3O3S. The molecule has 6 nitrogen and oxygen atoms in total. The van der Waals surface area contributed by atoms with Crippen LogP contribution in [0.15, 0.2) is 60.1 Å². The molecule has 7 heteroatoms. The van der Waals surface area contributed by atoms with Crippen molar-refractivity contribution in [2.75, 3.05) is 4.90 Å². The van der Waals surface area contributed by atoms with Crippen LogP contribution in [0.5, 0.6) is 0 Å². The van der Waals surface area contributed by atoms with Gasteiger partial charge in [-0.15, -0.1) is 0 Å². The summed E-state index contributed by atoms with van der Waals surface area (Å²) >= 11 is 1.36. The Bertz CT molecular complexity index is 1060. The van der Waals surface area contributed by atoms with Crippen molar-refractivity contribution in [3.8, 4) is 0 Å². The van der Waals surface area contributed by atoms with Gasteiger partial charge in [-0.1, -0.05) is 37.3 Å². The smallest absolute Gasteiger partial charge is 0.296 e. The third-order valence-corrected chi connectivity index (χ3v) is 5.65. The molecule has 1 aliphatic rings. The van der Waals surface area contributed by atoms with Crippen molar-refractivity contribution in [3.05, 3.63) is 65.7 Å². The van der Waals surface area contributed by atoms with Crippen LogP contribution in [-0.4, -0.2) is 26.8 Å². The van der Waals surface area contributed by atoms with Gasteiger partial charge in [0.15, 0.2) is 16.7 Å². The minimum Gasteiger partial charge on any atom is -0.503 e. The van der Waals surface area contributed by atoms with E-state index >= 15 is 0 Å². The van der Waals surface area contributed by atoms with Crippen molar-refractivity contribution < 1.29 is 14.7 Å². The van der Waals surface area contributed by atoms with Gasteiger partial charge in [0.25, 0.3) is 5.91 Å². The van der Waals surface area contributed by atoms with Crippen LogP contribution < -0.4 is 4.90 Å². The van der Waals surface area contributed by atoms with Crippen LogP contribution in [0.25, 0.3) is 10.2 Å². The fourth-order valence-electron chi connectivity index (χ4n) is 3.39. The molecule has 1 unspecified atom stereocenters. The van der Waals surface area contributed by atoms with E-state index in [1.807, 2.05) is 38.1 Å². The third-order valence-electron chi connectivity index (χ3n) is 4.61. The number of rotatable bonds is 5. The van der Waals surface area contributed by atoms with Crippen molar-refractivity contribution in [2.24, 2.45) is 5.92 Å². The summed E-state index contributed by atoms with van der Waals surface area (Å²) in [7, 11) is 0. The summed E-state index contributed by atoms with van der Waals surface area (Å²) in [5, 5.41) is 11.1. The number of nitrogens with zero attached hydrogens (tertiary/aromatic N) is 3. The second-order valence-electron chi connectivity index (χ2n) is 7.11. The van der Waals surface area contributed by atoms with E-state index in [2.05, 4.69) is 9.97 Å². The molecule has 142 valence electrons. The number of pyridine rings is 1. The number of hydrogen-bond acceptors (Lipinski definition) is 6. The molecule has 4 rings (SSSR count). The summed E-state index contributed by atoms with van der Waals surface area (Å²) in [6.45, 7) is 3.86. The van der Waals surface area contributed by atoms with Crippen LogP contribution in [0.2, 0.25) is 0 Å². The van der Waals surface area contributed by atoms with Crippen molar-refractivity contribution >= 4 is 38.4 Å². The number of aliphatic hydroxyl groups excluding tert-OH is 1. The van der Waals surface area contributed by atoms with Gasteiger partial charge < -0.3 is 5.11 Å².